The molecule has 0 bridgehead atoms. The predicted octanol–water partition coefficient (Wildman–Crippen LogP) is 1.70. The van der Waals surface area contributed by atoms with Crippen LogP contribution < -0.4 is 15.4 Å². The first-order chi connectivity index (χ1) is 11.5. The van der Waals surface area contributed by atoms with Crippen molar-refractivity contribution >= 4 is 5.96 Å². The molecule has 0 saturated heterocycles. The van der Waals surface area contributed by atoms with E-state index < -0.39 is 0 Å². The highest BCUT2D eigenvalue weighted by Crippen LogP contribution is 2.16. The number of benzene rings is 1. The maximum Gasteiger partial charge on any atom is 0.191 e. The maximum atomic E-state index is 5.31. The molecular formula is C17H26N6O. The molecule has 2 rings (SSSR count). The van der Waals surface area contributed by atoms with Crippen LogP contribution in [0.25, 0.3) is 0 Å². The molecule has 0 aliphatic carbocycles. The van der Waals surface area contributed by atoms with Crippen molar-refractivity contribution in [2.45, 2.75) is 33.9 Å². The van der Waals surface area contributed by atoms with Gasteiger partial charge in [-0.1, -0.05) is 6.07 Å². The van der Waals surface area contributed by atoms with Crippen molar-refractivity contribution in [3.05, 3.63) is 41.0 Å². The minimum absolute atomic E-state index is 0.570. The highest BCUT2D eigenvalue weighted by atomic mass is 16.5. The molecule has 7 heteroatoms. The number of aliphatic imine (C=N–C) groups is 1. The molecule has 0 radical (unpaired) electrons. The molecule has 2 N–H and O–H groups in total. The third-order valence-corrected chi connectivity index (χ3v) is 3.71. The van der Waals surface area contributed by atoms with Crippen LogP contribution in [0.1, 0.15) is 29.7 Å². The summed E-state index contributed by atoms with van der Waals surface area (Å²) in [5, 5.41) is 14.7. The van der Waals surface area contributed by atoms with Gasteiger partial charge in [0.25, 0.3) is 0 Å². The smallest absolute Gasteiger partial charge is 0.191 e. The summed E-state index contributed by atoms with van der Waals surface area (Å²) < 4.78 is 7.27. The maximum absolute atomic E-state index is 5.31. The molecule has 0 aliphatic rings. The van der Waals surface area contributed by atoms with Crippen LogP contribution in [-0.4, -0.2) is 34.4 Å². The zero-order chi connectivity index (χ0) is 17.5. The molecule has 0 fully saturated rings. The molecule has 7 nitrogen and oxygen atoms in total. The number of methoxy groups -OCH3 is 1. The van der Waals surface area contributed by atoms with Crippen molar-refractivity contribution in [1.82, 2.24) is 25.4 Å². The number of ether oxygens (including phenoxy) is 1. The first-order valence-electron chi connectivity index (χ1n) is 8.05. The molecular weight excluding hydrogens is 304 g/mol. The van der Waals surface area contributed by atoms with Crippen LogP contribution in [0.5, 0.6) is 5.75 Å². The van der Waals surface area contributed by atoms with Gasteiger partial charge in [0.05, 0.1) is 20.2 Å². The molecule has 0 amide bonds. The number of aromatic nitrogens is 3. The lowest BCUT2D eigenvalue weighted by atomic mass is 10.1. The minimum Gasteiger partial charge on any atom is -0.497 e. The predicted molar refractivity (Wildman–Crippen MR) is 95.1 cm³/mol. The molecule has 130 valence electrons. The largest absolute Gasteiger partial charge is 0.497 e. The Hall–Kier alpha value is -2.57. The monoisotopic (exact) mass is 330 g/mol. The number of nitrogens with one attached hydrogen (secondary N) is 2. The molecule has 1 aromatic carbocycles. The van der Waals surface area contributed by atoms with Gasteiger partial charge in [-0.2, -0.15) is 0 Å². The van der Waals surface area contributed by atoms with E-state index in [1.165, 1.54) is 0 Å². The molecule has 1 aromatic heterocycles. The summed E-state index contributed by atoms with van der Waals surface area (Å²) >= 11 is 0. The van der Waals surface area contributed by atoms with Gasteiger partial charge in [0.15, 0.2) is 11.8 Å². The SMILES string of the molecule is CCNC(=NCc1cc(C)cc(OC)c1)NCc1nnc(C)n1C. The number of aryl methyl sites for hydroxylation is 2. The van der Waals surface area contributed by atoms with E-state index in [1.54, 1.807) is 7.11 Å². The zero-order valence-corrected chi connectivity index (χ0v) is 15.1. The van der Waals surface area contributed by atoms with Gasteiger partial charge in [-0.25, -0.2) is 4.99 Å². The minimum atomic E-state index is 0.570. The van der Waals surface area contributed by atoms with Crippen LogP contribution in [0.3, 0.4) is 0 Å². The van der Waals surface area contributed by atoms with E-state index in [0.717, 1.165) is 41.0 Å². The summed E-state index contributed by atoms with van der Waals surface area (Å²) in [7, 11) is 3.63. The lowest BCUT2D eigenvalue weighted by Gasteiger charge is -2.11. The number of hydrogen-bond acceptors (Lipinski definition) is 4. The van der Waals surface area contributed by atoms with Crippen molar-refractivity contribution in [2.24, 2.45) is 12.0 Å². The Morgan fingerprint density at radius 2 is 2.00 bits per heavy atom. The van der Waals surface area contributed by atoms with E-state index in [2.05, 4.69) is 38.8 Å². The number of hydrogen-bond donors (Lipinski definition) is 2. The second-order valence-electron chi connectivity index (χ2n) is 5.63. The Morgan fingerprint density at radius 1 is 1.21 bits per heavy atom. The van der Waals surface area contributed by atoms with Gasteiger partial charge in [0, 0.05) is 13.6 Å². The summed E-state index contributed by atoms with van der Waals surface area (Å²) in [6, 6.07) is 6.13. The van der Waals surface area contributed by atoms with Crippen LogP contribution in [0.2, 0.25) is 0 Å². The van der Waals surface area contributed by atoms with Crippen molar-refractivity contribution in [1.29, 1.82) is 0 Å². The normalized spacial score (nSPS) is 11.5. The molecule has 0 saturated carbocycles. The van der Waals surface area contributed by atoms with E-state index >= 15 is 0 Å². The topological polar surface area (TPSA) is 76.4 Å². The fourth-order valence-electron chi connectivity index (χ4n) is 2.31. The van der Waals surface area contributed by atoms with Gasteiger partial charge >= 0.3 is 0 Å². The number of rotatable bonds is 6. The van der Waals surface area contributed by atoms with Gasteiger partial charge in [-0.15, -0.1) is 10.2 Å². The van der Waals surface area contributed by atoms with Crippen LogP contribution in [0, 0.1) is 13.8 Å². The third-order valence-electron chi connectivity index (χ3n) is 3.71. The number of nitrogens with zero attached hydrogens (tertiary/aromatic N) is 4. The quantitative estimate of drug-likeness (QED) is 0.623. The van der Waals surface area contributed by atoms with Crippen molar-refractivity contribution in [3.8, 4) is 5.75 Å². The average Bonchev–Trinajstić information content (AvgIpc) is 2.88. The van der Waals surface area contributed by atoms with Crippen LogP contribution in [0.4, 0.5) is 0 Å². The van der Waals surface area contributed by atoms with E-state index in [0.29, 0.717) is 13.1 Å². The first-order valence-corrected chi connectivity index (χ1v) is 8.05. The summed E-state index contributed by atoms with van der Waals surface area (Å²) in [6.07, 6.45) is 0. The van der Waals surface area contributed by atoms with Gasteiger partial charge < -0.3 is 19.9 Å². The Balaban J connectivity index is 2.05. The molecule has 2 aromatic rings. The lowest BCUT2D eigenvalue weighted by Crippen LogP contribution is -2.37. The second kappa shape index (κ2) is 8.33. The fraction of sp³-hybridized carbons (Fsp3) is 0.471. The molecule has 0 aliphatic heterocycles. The standard InChI is InChI=1S/C17H26N6O/c1-6-18-17(20-11-16-22-21-13(3)23(16)4)19-10-14-7-12(2)8-15(9-14)24-5/h7-9H,6,10-11H2,1-5H3,(H2,18,19,20). The van der Waals surface area contributed by atoms with E-state index in [1.807, 2.05) is 37.6 Å². The fourth-order valence-corrected chi connectivity index (χ4v) is 2.31. The molecule has 0 atom stereocenters. The summed E-state index contributed by atoms with van der Waals surface area (Å²) in [4.78, 5) is 4.63. The van der Waals surface area contributed by atoms with Gasteiger partial charge in [0.1, 0.15) is 11.6 Å². The van der Waals surface area contributed by atoms with Crippen molar-refractivity contribution in [3.63, 3.8) is 0 Å². The van der Waals surface area contributed by atoms with Gasteiger partial charge in [-0.3, -0.25) is 0 Å². The van der Waals surface area contributed by atoms with Crippen LogP contribution in [-0.2, 0) is 20.1 Å². The average molecular weight is 330 g/mol. The van der Waals surface area contributed by atoms with E-state index in [-0.39, 0.29) is 0 Å². The van der Waals surface area contributed by atoms with E-state index in [9.17, 15) is 0 Å². The summed E-state index contributed by atoms with van der Waals surface area (Å²) in [5.74, 6) is 3.36. The second-order valence-corrected chi connectivity index (χ2v) is 5.63. The number of guanidine groups is 1. The van der Waals surface area contributed by atoms with Gasteiger partial charge in [0.2, 0.25) is 0 Å². The third kappa shape index (κ3) is 4.71. The Kier molecular flexibility index (Phi) is 6.17. The Labute approximate surface area is 143 Å². The van der Waals surface area contributed by atoms with Crippen LogP contribution >= 0.6 is 0 Å². The molecule has 0 spiro atoms. The Bertz CT molecular complexity index is 707. The van der Waals surface area contributed by atoms with Gasteiger partial charge in [-0.05, 0) is 44.0 Å². The molecule has 24 heavy (non-hydrogen) atoms. The van der Waals surface area contributed by atoms with Crippen molar-refractivity contribution < 1.29 is 4.74 Å². The van der Waals surface area contributed by atoms with Crippen molar-refractivity contribution in [2.75, 3.05) is 13.7 Å². The lowest BCUT2D eigenvalue weighted by molar-refractivity contribution is 0.414. The molecule has 0 unspecified atom stereocenters. The highest BCUT2D eigenvalue weighted by molar-refractivity contribution is 5.79. The Morgan fingerprint density at radius 3 is 2.62 bits per heavy atom. The summed E-state index contributed by atoms with van der Waals surface area (Å²) in [5.41, 5.74) is 2.27. The highest BCUT2D eigenvalue weighted by Gasteiger charge is 2.06. The van der Waals surface area contributed by atoms with Crippen LogP contribution in [0.15, 0.2) is 23.2 Å². The molecule has 1 heterocycles. The first kappa shape index (κ1) is 17.8. The zero-order valence-electron chi connectivity index (χ0n) is 15.1. The van der Waals surface area contributed by atoms with E-state index in [4.69, 9.17) is 4.74 Å². The summed E-state index contributed by atoms with van der Waals surface area (Å²) in [6.45, 7) is 7.96.